The van der Waals surface area contributed by atoms with Gasteiger partial charge >= 0.3 is 0 Å². The Bertz CT molecular complexity index is 1080. The Hall–Kier alpha value is -3.02. The van der Waals surface area contributed by atoms with Crippen LogP contribution in [0.5, 0.6) is 5.75 Å². The zero-order valence-corrected chi connectivity index (χ0v) is 22.2. The van der Waals surface area contributed by atoms with Gasteiger partial charge in [0.2, 0.25) is 0 Å². The van der Waals surface area contributed by atoms with E-state index in [0.29, 0.717) is 10.6 Å². The fourth-order valence-electron chi connectivity index (χ4n) is 4.41. The third kappa shape index (κ3) is 6.80. The molecule has 36 heavy (non-hydrogen) atoms. The molecule has 0 amide bonds. The van der Waals surface area contributed by atoms with E-state index in [0.717, 1.165) is 55.1 Å². The van der Waals surface area contributed by atoms with Crippen molar-refractivity contribution >= 4 is 17.3 Å². The highest BCUT2D eigenvalue weighted by molar-refractivity contribution is 6.36. The molecule has 1 unspecified atom stereocenters. The Kier molecular flexibility index (Phi) is 10.2. The molecule has 0 aliphatic carbocycles. The van der Waals surface area contributed by atoms with Gasteiger partial charge in [-0.05, 0) is 67.8 Å². The standard InChI is InChI=1S/C30H37ClN2O3/c1-6-10-23(34)15-12-21(5)30-28(29(32-36-30)26(9-4)27(31)11-7-2)22-13-16-24(17-14-22)35-25-19-33(20-25)18-8-3/h7,9-17,25,28,30,34H,2,5-6,8,18-20H2,1,3-4H3/b15-12-,23-10+,26-9+,27-11+/t28-,30?/m1/s1. The Morgan fingerprint density at radius 3 is 2.58 bits per heavy atom. The molecule has 0 spiro atoms. The number of aliphatic hydroxyl groups excluding tert-OH is 1. The van der Waals surface area contributed by atoms with Crippen molar-refractivity contribution in [1.29, 1.82) is 0 Å². The largest absolute Gasteiger partial charge is 0.508 e. The topological polar surface area (TPSA) is 54.3 Å². The highest BCUT2D eigenvalue weighted by Gasteiger charge is 2.39. The number of rotatable bonds is 12. The molecule has 0 radical (unpaired) electrons. The summed E-state index contributed by atoms with van der Waals surface area (Å²) in [5.41, 5.74) is 3.20. The van der Waals surface area contributed by atoms with Crippen molar-refractivity contribution in [3.05, 3.63) is 101 Å². The summed E-state index contributed by atoms with van der Waals surface area (Å²) in [5, 5.41) is 15.0. The van der Waals surface area contributed by atoms with Crippen molar-refractivity contribution in [2.45, 2.75) is 51.7 Å². The molecule has 192 valence electrons. The quantitative estimate of drug-likeness (QED) is 0.239. The fourth-order valence-corrected chi connectivity index (χ4v) is 4.71. The van der Waals surface area contributed by atoms with Gasteiger partial charge < -0.3 is 14.7 Å². The Morgan fingerprint density at radius 2 is 1.97 bits per heavy atom. The molecule has 0 aromatic heterocycles. The lowest BCUT2D eigenvalue weighted by molar-refractivity contribution is 0.0202. The lowest BCUT2D eigenvalue weighted by atomic mass is 9.83. The fraction of sp³-hybridized carbons (Fsp3) is 0.367. The van der Waals surface area contributed by atoms with Crippen LogP contribution in [-0.4, -0.2) is 47.6 Å². The van der Waals surface area contributed by atoms with Crippen LogP contribution in [0.25, 0.3) is 0 Å². The molecule has 1 N–H and O–H groups in total. The van der Waals surface area contributed by atoms with Crippen LogP contribution in [0.3, 0.4) is 0 Å². The zero-order valence-electron chi connectivity index (χ0n) is 21.5. The zero-order chi connectivity index (χ0) is 26.1. The predicted octanol–water partition coefficient (Wildman–Crippen LogP) is 7.22. The molecular formula is C30H37ClN2O3. The van der Waals surface area contributed by atoms with Crippen LogP contribution in [0.1, 0.15) is 45.1 Å². The van der Waals surface area contributed by atoms with Crippen LogP contribution in [0.15, 0.2) is 101 Å². The van der Waals surface area contributed by atoms with Crippen molar-refractivity contribution in [1.82, 2.24) is 4.90 Å². The van der Waals surface area contributed by atoms with E-state index in [1.807, 2.05) is 44.2 Å². The average Bonchev–Trinajstić information content (AvgIpc) is 3.27. The first-order chi connectivity index (χ1) is 17.4. The van der Waals surface area contributed by atoms with Crippen molar-refractivity contribution in [3.8, 4) is 5.75 Å². The number of hydrogen-bond donors (Lipinski definition) is 1. The molecule has 0 bridgehead atoms. The number of likely N-dealkylation sites (tertiary alicyclic amines) is 1. The highest BCUT2D eigenvalue weighted by atomic mass is 35.5. The summed E-state index contributed by atoms with van der Waals surface area (Å²) in [6.45, 7) is 17.1. The third-order valence-electron chi connectivity index (χ3n) is 6.20. The molecule has 1 aromatic rings. The predicted molar refractivity (Wildman–Crippen MR) is 150 cm³/mol. The molecule has 2 aliphatic heterocycles. The maximum absolute atomic E-state index is 10.0. The van der Waals surface area contributed by atoms with Crippen molar-refractivity contribution in [3.63, 3.8) is 0 Å². The van der Waals surface area contributed by atoms with Gasteiger partial charge in [-0.15, -0.1) is 0 Å². The first kappa shape index (κ1) is 27.6. The SMILES string of the molecule is C=C/C=C(Cl)\C(=C/C)C1=NOC(C(=C)/C=C\C(O)=C/CC)[C@@H]1c1ccc(OC2CN(CCC)C2)cc1. The van der Waals surface area contributed by atoms with Gasteiger partial charge in [0, 0.05) is 23.7 Å². The van der Waals surface area contributed by atoms with Crippen molar-refractivity contribution in [2.24, 2.45) is 5.16 Å². The van der Waals surface area contributed by atoms with Gasteiger partial charge in [0.15, 0.2) is 6.10 Å². The number of benzene rings is 1. The summed E-state index contributed by atoms with van der Waals surface area (Å²) in [4.78, 5) is 8.30. The number of ether oxygens (including phenoxy) is 1. The van der Waals surface area contributed by atoms with Gasteiger partial charge in [-0.1, -0.05) is 74.1 Å². The van der Waals surface area contributed by atoms with E-state index < -0.39 is 6.10 Å². The second-order valence-electron chi connectivity index (χ2n) is 8.95. The van der Waals surface area contributed by atoms with Crippen LogP contribution in [-0.2, 0) is 4.84 Å². The monoisotopic (exact) mass is 508 g/mol. The van der Waals surface area contributed by atoms with Crippen LogP contribution in [0.4, 0.5) is 0 Å². The maximum atomic E-state index is 10.0. The van der Waals surface area contributed by atoms with Crippen LogP contribution >= 0.6 is 11.6 Å². The first-order valence-corrected chi connectivity index (χ1v) is 12.9. The minimum absolute atomic E-state index is 0.190. The number of nitrogens with zero attached hydrogens (tertiary/aromatic N) is 2. The van der Waals surface area contributed by atoms with Crippen LogP contribution in [0.2, 0.25) is 0 Å². The molecule has 0 saturated carbocycles. The Morgan fingerprint density at radius 1 is 1.25 bits per heavy atom. The second-order valence-corrected chi connectivity index (χ2v) is 9.35. The number of halogens is 1. The number of oxime groups is 1. The van der Waals surface area contributed by atoms with Crippen LogP contribution in [0, 0.1) is 0 Å². The van der Waals surface area contributed by atoms with Gasteiger partial charge in [0.1, 0.15) is 17.6 Å². The van der Waals surface area contributed by atoms with E-state index >= 15 is 0 Å². The molecule has 2 heterocycles. The van der Waals surface area contributed by atoms with E-state index in [1.54, 1.807) is 30.4 Å². The van der Waals surface area contributed by atoms with E-state index in [4.69, 9.17) is 21.2 Å². The third-order valence-corrected chi connectivity index (χ3v) is 6.53. The summed E-state index contributed by atoms with van der Waals surface area (Å²) >= 11 is 6.57. The van der Waals surface area contributed by atoms with Gasteiger partial charge in [0.05, 0.1) is 11.6 Å². The smallest absolute Gasteiger partial charge is 0.164 e. The summed E-state index contributed by atoms with van der Waals surface area (Å²) in [6.07, 6.45) is 12.1. The van der Waals surface area contributed by atoms with E-state index in [2.05, 4.69) is 30.1 Å². The van der Waals surface area contributed by atoms with Gasteiger partial charge in [-0.2, -0.15) is 0 Å². The Labute approximate surface area is 220 Å². The Balaban J connectivity index is 1.85. The summed E-state index contributed by atoms with van der Waals surface area (Å²) in [5.74, 6) is 0.795. The lowest BCUT2D eigenvalue weighted by Gasteiger charge is -2.38. The molecule has 1 saturated heterocycles. The van der Waals surface area contributed by atoms with Crippen molar-refractivity contribution < 1.29 is 14.7 Å². The number of aliphatic hydroxyl groups is 1. The van der Waals surface area contributed by atoms with E-state index in [-0.39, 0.29) is 17.8 Å². The molecule has 1 aromatic carbocycles. The minimum atomic E-state index is -0.449. The molecule has 5 nitrogen and oxygen atoms in total. The molecule has 3 rings (SSSR count). The number of allylic oxidation sites excluding steroid dienone is 7. The summed E-state index contributed by atoms with van der Waals surface area (Å²) in [6, 6.07) is 8.08. The maximum Gasteiger partial charge on any atom is 0.164 e. The normalized spacial score (nSPS) is 21.8. The highest BCUT2D eigenvalue weighted by Crippen LogP contribution is 2.39. The van der Waals surface area contributed by atoms with Gasteiger partial charge in [-0.3, -0.25) is 4.90 Å². The molecule has 6 heteroatoms. The second kappa shape index (κ2) is 13.3. The summed E-state index contributed by atoms with van der Waals surface area (Å²) in [7, 11) is 0. The van der Waals surface area contributed by atoms with E-state index in [9.17, 15) is 5.11 Å². The van der Waals surface area contributed by atoms with Gasteiger partial charge in [-0.25, -0.2) is 0 Å². The number of hydrogen-bond acceptors (Lipinski definition) is 5. The van der Waals surface area contributed by atoms with Gasteiger partial charge in [0.25, 0.3) is 0 Å². The first-order valence-electron chi connectivity index (χ1n) is 12.6. The molecular weight excluding hydrogens is 472 g/mol. The lowest BCUT2D eigenvalue weighted by Crippen LogP contribution is -2.53. The molecule has 2 atom stereocenters. The minimum Gasteiger partial charge on any atom is -0.508 e. The van der Waals surface area contributed by atoms with Crippen molar-refractivity contribution in [2.75, 3.05) is 19.6 Å². The van der Waals surface area contributed by atoms with E-state index in [1.165, 1.54) is 0 Å². The average molecular weight is 509 g/mol. The van der Waals surface area contributed by atoms with Crippen LogP contribution < -0.4 is 4.74 Å². The summed E-state index contributed by atoms with van der Waals surface area (Å²) < 4.78 is 6.15. The molecule has 1 fully saturated rings. The molecule has 2 aliphatic rings.